The molecule has 0 aromatic heterocycles. The lowest BCUT2D eigenvalue weighted by atomic mass is 10.2. The van der Waals surface area contributed by atoms with Gasteiger partial charge in [-0.1, -0.05) is 20.3 Å². The molecule has 4 heteroatoms. The van der Waals surface area contributed by atoms with Gasteiger partial charge in [0.15, 0.2) is 0 Å². The second-order valence-electron chi connectivity index (χ2n) is 3.65. The molecule has 0 saturated carbocycles. The highest BCUT2D eigenvalue weighted by Crippen LogP contribution is 2.04. The van der Waals surface area contributed by atoms with Gasteiger partial charge in [0.05, 0.1) is 6.54 Å². The van der Waals surface area contributed by atoms with Crippen molar-refractivity contribution in [1.82, 2.24) is 10.3 Å². The molecule has 3 N–H and O–H groups in total. The summed E-state index contributed by atoms with van der Waals surface area (Å²) in [5.41, 5.74) is 2.17. The minimum atomic E-state index is -0.110. The zero-order valence-corrected chi connectivity index (χ0v) is 9.55. The van der Waals surface area contributed by atoms with Crippen LogP contribution in [0, 0.1) is 0 Å². The predicted molar refractivity (Wildman–Crippen MR) is 58.6 cm³/mol. The van der Waals surface area contributed by atoms with Crippen LogP contribution in [-0.2, 0) is 4.79 Å². The van der Waals surface area contributed by atoms with Crippen molar-refractivity contribution in [2.45, 2.75) is 46.1 Å². The molecule has 0 heterocycles. The topological polar surface area (TPSA) is 58.4 Å². The number of rotatable bonds is 7. The van der Waals surface area contributed by atoms with Crippen molar-refractivity contribution >= 4 is 5.91 Å². The number of amides is 1. The molecule has 0 aliphatic rings. The average Bonchev–Trinajstić information content (AvgIpc) is 2.22. The van der Waals surface area contributed by atoms with E-state index >= 15 is 0 Å². The Morgan fingerprint density at radius 3 is 2.57 bits per heavy atom. The average molecular weight is 201 g/mol. The van der Waals surface area contributed by atoms with E-state index in [0.717, 1.165) is 25.8 Å². The third-order valence-electron chi connectivity index (χ3n) is 2.52. The van der Waals surface area contributed by atoms with Crippen molar-refractivity contribution in [3.05, 3.63) is 0 Å². The van der Waals surface area contributed by atoms with Crippen molar-refractivity contribution in [3.63, 3.8) is 0 Å². The number of carbonyl (C=O) groups is 1. The molecular weight excluding hydrogens is 178 g/mol. The lowest BCUT2D eigenvalue weighted by Gasteiger charge is -2.27. The Morgan fingerprint density at radius 2 is 2.14 bits per heavy atom. The van der Waals surface area contributed by atoms with E-state index in [4.69, 9.17) is 5.84 Å². The SMILES string of the molecule is CCCCN(CC(=O)NN)C(C)CC. The number of hydrazine groups is 1. The van der Waals surface area contributed by atoms with E-state index in [0.29, 0.717) is 12.6 Å². The first kappa shape index (κ1) is 13.4. The third kappa shape index (κ3) is 5.19. The van der Waals surface area contributed by atoms with Gasteiger partial charge in [0.2, 0.25) is 5.91 Å². The summed E-state index contributed by atoms with van der Waals surface area (Å²) in [6.45, 7) is 7.80. The molecule has 0 fully saturated rings. The summed E-state index contributed by atoms with van der Waals surface area (Å²) in [5, 5.41) is 0. The Balaban J connectivity index is 4.02. The van der Waals surface area contributed by atoms with Gasteiger partial charge in [0, 0.05) is 6.04 Å². The summed E-state index contributed by atoms with van der Waals surface area (Å²) in [7, 11) is 0. The maximum atomic E-state index is 11.1. The van der Waals surface area contributed by atoms with E-state index in [1.807, 2.05) is 0 Å². The number of nitrogens with one attached hydrogen (secondary N) is 1. The molecule has 0 aliphatic carbocycles. The van der Waals surface area contributed by atoms with Crippen LogP contribution in [0.15, 0.2) is 0 Å². The summed E-state index contributed by atoms with van der Waals surface area (Å²) in [6, 6.07) is 0.443. The lowest BCUT2D eigenvalue weighted by molar-refractivity contribution is -0.122. The molecule has 0 saturated heterocycles. The molecule has 0 spiro atoms. The highest BCUT2D eigenvalue weighted by atomic mass is 16.2. The molecule has 0 rings (SSSR count). The molecule has 0 aliphatic heterocycles. The molecular formula is C10H23N3O. The van der Waals surface area contributed by atoms with Crippen LogP contribution in [-0.4, -0.2) is 29.9 Å². The van der Waals surface area contributed by atoms with E-state index < -0.39 is 0 Å². The van der Waals surface area contributed by atoms with Crippen LogP contribution < -0.4 is 11.3 Å². The Labute approximate surface area is 86.8 Å². The Bertz CT molecular complexity index is 161. The van der Waals surface area contributed by atoms with Gasteiger partial charge in [0.1, 0.15) is 0 Å². The minimum absolute atomic E-state index is 0.110. The van der Waals surface area contributed by atoms with E-state index in [9.17, 15) is 4.79 Å². The van der Waals surface area contributed by atoms with E-state index in [2.05, 4.69) is 31.1 Å². The van der Waals surface area contributed by atoms with Gasteiger partial charge in [-0.2, -0.15) is 0 Å². The normalized spacial score (nSPS) is 12.9. The van der Waals surface area contributed by atoms with Gasteiger partial charge in [-0.3, -0.25) is 15.1 Å². The molecule has 0 bridgehead atoms. The van der Waals surface area contributed by atoms with Crippen molar-refractivity contribution in [2.75, 3.05) is 13.1 Å². The van der Waals surface area contributed by atoms with Crippen LogP contribution >= 0.6 is 0 Å². The van der Waals surface area contributed by atoms with E-state index in [-0.39, 0.29) is 5.91 Å². The Kier molecular flexibility index (Phi) is 7.42. The number of hydrogen-bond donors (Lipinski definition) is 2. The highest BCUT2D eigenvalue weighted by Gasteiger charge is 2.14. The fourth-order valence-corrected chi connectivity index (χ4v) is 1.30. The van der Waals surface area contributed by atoms with Crippen LogP contribution in [0.5, 0.6) is 0 Å². The van der Waals surface area contributed by atoms with Gasteiger partial charge >= 0.3 is 0 Å². The van der Waals surface area contributed by atoms with Crippen molar-refractivity contribution in [3.8, 4) is 0 Å². The van der Waals surface area contributed by atoms with Gasteiger partial charge < -0.3 is 0 Å². The number of carbonyl (C=O) groups excluding carboxylic acids is 1. The lowest BCUT2D eigenvalue weighted by Crippen LogP contribution is -2.44. The molecule has 1 atom stereocenters. The maximum Gasteiger partial charge on any atom is 0.248 e. The molecule has 0 radical (unpaired) electrons. The van der Waals surface area contributed by atoms with Gasteiger partial charge in [-0.15, -0.1) is 0 Å². The van der Waals surface area contributed by atoms with Crippen molar-refractivity contribution in [1.29, 1.82) is 0 Å². The molecule has 14 heavy (non-hydrogen) atoms. The second-order valence-corrected chi connectivity index (χ2v) is 3.65. The van der Waals surface area contributed by atoms with Crippen LogP contribution in [0.4, 0.5) is 0 Å². The van der Waals surface area contributed by atoms with E-state index in [1.165, 1.54) is 0 Å². The van der Waals surface area contributed by atoms with Crippen LogP contribution in [0.3, 0.4) is 0 Å². The van der Waals surface area contributed by atoms with Gasteiger partial charge in [-0.25, -0.2) is 5.84 Å². The highest BCUT2D eigenvalue weighted by molar-refractivity contribution is 5.77. The standard InChI is InChI=1S/C10H23N3O/c1-4-6-7-13(9(3)5-2)8-10(14)12-11/h9H,4-8,11H2,1-3H3,(H,12,14). The number of hydrogen-bond acceptors (Lipinski definition) is 3. The maximum absolute atomic E-state index is 11.1. The number of nitrogens with zero attached hydrogens (tertiary/aromatic N) is 1. The summed E-state index contributed by atoms with van der Waals surface area (Å²) >= 11 is 0. The number of nitrogens with two attached hydrogens (primary N) is 1. The number of unbranched alkanes of at least 4 members (excludes halogenated alkanes) is 1. The first-order valence-electron chi connectivity index (χ1n) is 5.39. The fraction of sp³-hybridized carbons (Fsp3) is 0.900. The summed E-state index contributed by atoms with van der Waals surface area (Å²) in [5.74, 6) is 4.95. The summed E-state index contributed by atoms with van der Waals surface area (Å²) < 4.78 is 0. The van der Waals surface area contributed by atoms with Crippen molar-refractivity contribution in [2.24, 2.45) is 5.84 Å². The third-order valence-corrected chi connectivity index (χ3v) is 2.52. The molecule has 0 aromatic rings. The zero-order chi connectivity index (χ0) is 11.0. The van der Waals surface area contributed by atoms with E-state index in [1.54, 1.807) is 0 Å². The van der Waals surface area contributed by atoms with Crippen LogP contribution in [0.2, 0.25) is 0 Å². The van der Waals surface area contributed by atoms with Gasteiger partial charge in [0.25, 0.3) is 0 Å². The monoisotopic (exact) mass is 201 g/mol. The largest absolute Gasteiger partial charge is 0.293 e. The first-order valence-corrected chi connectivity index (χ1v) is 5.39. The zero-order valence-electron chi connectivity index (χ0n) is 9.55. The Morgan fingerprint density at radius 1 is 1.50 bits per heavy atom. The first-order chi connectivity index (χ1) is 6.65. The molecule has 0 aromatic carbocycles. The summed E-state index contributed by atoms with van der Waals surface area (Å²) in [4.78, 5) is 13.3. The smallest absolute Gasteiger partial charge is 0.248 e. The molecule has 84 valence electrons. The van der Waals surface area contributed by atoms with Gasteiger partial charge in [-0.05, 0) is 26.3 Å². The van der Waals surface area contributed by atoms with Crippen molar-refractivity contribution < 1.29 is 4.79 Å². The predicted octanol–water partition coefficient (Wildman–Crippen LogP) is 0.877. The fourth-order valence-electron chi connectivity index (χ4n) is 1.30. The Hall–Kier alpha value is -0.610. The summed E-state index contributed by atoms with van der Waals surface area (Å²) in [6.07, 6.45) is 3.33. The second kappa shape index (κ2) is 7.76. The molecule has 1 unspecified atom stereocenters. The minimum Gasteiger partial charge on any atom is -0.293 e. The van der Waals surface area contributed by atoms with Crippen LogP contribution in [0.25, 0.3) is 0 Å². The quantitative estimate of drug-likeness (QED) is 0.365. The molecule has 4 nitrogen and oxygen atoms in total. The molecule has 1 amide bonds. The van der Waals surface area contributed by atoms with Crippen LogP contribution in [0.1, 0.15) is 40.0 Å².